The van der Waals surface area contributed by atoms with Gasteiger partial charge in [0, 0.05) is 40.2 Å². The normalized spacial score (nSPS) is 11.3. The fraction of sp³-hybridized carbons (Fsp3) is 0.292. The van der Waals surface area contributed by atoms with Crippen LogP contribution in [0.4, 0.5) is 0 Å². The van der Waals surface area contributed by atoms with E-state index in [1.165, 1.54) is 16.0 Å². The monoisotopic (exact) mass is 393 g/mol. The third kappa shape index (κ3) is 4.91. The van der Waals surface area contributed by atoms with E-state index in [2.05, 4.69) is 93.2 Å². The summed E-state index contributed by atoms with van der Waals surface area (Å²) < 4.78 is 3.19. The van der Waals surface area contributed by atoms with Crippen LogP contribution in [0.5, 0.6) is 0 Å². The molecule has 3 heteroatoms. The van der Waals surface area contributed by atoms with Crippen LogP contribution in [0.15, 0.2) is 71.9 Å². The minimum Gasteiger partial charge on any atom is -0.350 e. The van der Waals surface area contributed by atoms with E-state index < -0.39 is 0 Å². The molecule has 0 aliphatic heterocycles. The molecule has 0 saturated heterocycles. The highest BCUT2D eigenvalue weighted by Crippen LogP contribution is 2.32. The Hall–Kier alpha value is -1.84. The Morgan fingerprint density at radius 3 is 2.11 bits per heavy atom. The number of hydrogen-bond donors (Lipinski definition) is 0. The standard InChI is InChI=1S/C24H27NS2/c1-17(2)16-27-21-12-8-11-20(13-21)23-15-25(18(3)4)14-22(24(23)26)19-9-6-5-7-10-19/h5-15,17-18H,16H2,1-4H3. The number of aromatic nitrogens is 1. The highest BCUT2D eigenvalue weighted by Gasteiger charge is 2.11. The van der Waals surface area contributed by atoms with Gasteiger partial charge in [0.2, 0.25) is 0 Å². The largest absolute Gasteiger partial charge is 0.350 e. The number of pyridine rings is 1. The predicted octanol–water partition coefficient (Wildman–Crippen LogP) is 7.88. The Bertz CT molecular complexity index is 956. The number of thioether (sulfide) groups is 1. The molecule has 0 unspecified atom stereocenters. The topological polar surface area (TPSA) is 4.93 Å². The second kappa shape index (κ2) is 8.90. The van der Waals surface area contributed by atoms with Crippen LogP contribution in [0.25, 0.3) is 22.3 Å². The van der Waals surface area contributed by atoms with Gasteiger partial charge >= 0.3 is 0 Å². The molecule has 3 rings (SSSR count). The molecule has 0 radical (unpaired) electrons. The van der Waals surface area contributed by atoms with Gasteiger partial charge in [-0.1, -0.05) is 68.5 Å². The molecule has 1 heterocycles. The summed E-state index contributed by atoms with van der Waals surface area (Å²) in [7, 11) is 0. The first-order valence-corrected chi connectivity index (χ1v) is 10.9. The molecule has 0 amide bonds. The van der Waals surface area contributed by atoms with Gasteiger partial charge in [0.05, 0.1) is 4.51 Å². The fourth-order valence-electron chi connectivity index (χ4n) is 2.94. The predicted molar refractivity (Wildman–Crippen MR) is 122 cm³/mol. The third-order valence-electron chi connectivity index (χ3n) is 4.46. The van der Waals surface area contributed by atoms with Gasteiger partial charge in [-0.05, 0) is 43.0 Å². The number of nitrogens with zero attached hydrogens (tertiary/aromatic N) is 1. The van der Waals surface area contributed by atoms with E-state index in [0.29, 0.717) is 12.0 Å². The van der Waals surface area contributed by atoms with Gasteiger partial charge in [-0.2, -0.15) is 0 Å². The summed E-state index contributed by atoms with van der Waals surface area (Å²) in [6.45, 7) is 8.92. The lowest BCUT2D eigenvalue weighted by Crippen LogP contribution is -2.03. The van der Waals surface area contributed by atoms with Crippen LogP contribution in [0.2, 0.25) is 0 Å². The minimum atomic E-state index is 0.375. The summed E-state index contributed by atoms with van der Waals surface area (Å²) in [5, 5.41) is 0. The number of hydrogen-bond acceptors (Lipinski definition) is 2. The average Bonchev–Trinajstić information content (AvgIpc) is 2.67. The van der Waals surface area contributed by atoms with Crippen molar-refractivity contribution in [1.82, 2.24) is 4.57 Å². The lowest BCUT2D eigenvalue weighted by atomic mass is 10.0. The SMILES string of the molecule is CC(C)CSc1cccc(-c2cn(C(C)C)cc(-c3ccccc3)c2=S)c1. The molecule has 0 spiro atoms. The van der Waals surface area contributed by atoms with Crippen LogP contribution in [-0.2, 0) is 0 Å². The Morgan fingerprint density at radius 1 is 0.852 bits per heavy atom. The first kappa shape index (κ1) is 19.9. The van der Waals surface area contributed by atoms with Gasteiger partial charge in [-0.3, -0.25) is 0 Å². The molecule has 0 N–H and O–H groups in total. The quantitative estimate of drug-likeness (QED) is 0.310. The van der Waals surface area contributed by atoms with Crippen molar-refractivity contribution < 1.29 is 0 Å². The van der Waals surface area contributed by atoms with Crippen molar-refractivity contribution in [3.05, 3.63) is 71.5 Å². The van der Waals surface area contributed by atoms with Crippen LogP contribution in [0, 0.1) is 10.4 Å². The van der Waals surface area contributed by atoms with Gasteiger partial charge < -0.3 is 4.57 Å². The molecule has 0 aliphatic carbocycles. The summed E-state index contributed by atoms with van der Waals surface area (Å²) >= 11 is 7.84. The molecule has 140 valence electrons. The van der Waals surface area contributed by atoms with Crippen LogP contribution >= 0.6 is 24.0 Å². The van der Waals surface area contributed by atoms with Gasteiger partial charge in [-0.25, -0.2) is 0 Å². The van der Waals surface area contributed by atoms with Crippen molar-refractivity contribution in [3.63, 3.8) is 0 Å². The highest BCUT2D eigenvalue weighted by atomic mass is 32.2. The second-order valence-corrected chi connectivity index (χ2v) is 9.06. The number of rotatable bonds is 6. The van der Waals surface area contributed by atoms with E-state index in [4.69, 9.17) is 12.2 Å². The zero-order valence-electron chi connectivity index (χ0n) is 16.5. The summed E-state index contributed by atoms with van der Waals surface area (Å²) in [5.74, 6) is 1.80. The van der Waals surface area contributed by atoms with Crippen LogP contribution in [-0.4, -0.2) is 10.3 Å². The molecular formula is C24H27NS2. The maximum absolute atomic E-state index is 5.93. The molecular weight excluding hydrogens is 366 g/mol. The van der Waals surface area contributed by atoms with Gasteiger partial charge in [-0.15, -0.1) is 11.8 Å². The van der Waals surface area contributed by atoms with Gasteiger partial charge in [0.25, 0.3) is 0 Å². The van der Waals surface area contributed by atoms with Crippen LogP contribution < -0.4 is 0 Å². The Morgan fingerprint density at radius 2 is 1.48 bits per heavy atom. The second-order valence-electron chi connectivity index (χ2n) is 7.55. The number of benzene rings is 2. The zero-order valence-corrected chi connectivity index (χ0v) is 18.1. The first-order valence-electron chi connectivity index (χ1n) is 9.50. The van der Waals surface area contributed by atoms with Crippen LogP contribution in [0.3, 0.4) is 0 Å². The summed E-state index contributed by atoms with van der Waals surface area (Å²) in [5.41, 5.74) is 4.62. The molecule has 0 atom stereocenters. The van der Waals surface area contributed by atoms with Crippen molar-refractivity contribution in [2.45, 2.75) is 38.6 Å². The zero-order chi connectivity index (χ0) is 19.4. The minimum absolute atomic E-state index is 0.375. The van der Waals surface area contributed by atoms with E-state index in [-0.39, 0.29) is 0 Å². The lowest BCUT2D eigenvalue weighted by Gasteiger charge is -2.17. The molecule has 0 aliphatic rings. The molecule has 2 aromatic carbocycles. The summed E-state index contributed by atoms with van der Waals surface area (Å²) in [4.78, 5) is 1.30. The maximum Gasteiger partial charge on any atom is 0.0563 e. The molecule has 0 saturated carbocycles. The van der Waals surface area contributed by atoms with Crippen molar-refractivity contribution >= 4 is 24.0 Å². The first-order chi connectivity index (χ1) is 13.0. The average molecular weight is 394 g/mol. The van der Waals surface area contributed by atoms with Crippen LogP contribution in [0.1, 0.15) is 33.7 Å². The van der Waals surface area contributed by atoms with E-state index in [0.717, 1.165) is 21.4 Å². The van der Waals surface area contributed by atoms with Gasteiger partial charge in [0.15, 0.2) is 0 Å². The smallest absolute Gasteiger partial charge is 0.0563 e. The lowest BCUT2D eigenvalue weighted by molar-refractivity contribution is 0.598. The third-order valence-corrected chi connectivity index (χ3v) is 6.32. The fourth-order valence-corrected chi connectivity index (χ4v) is 4.19. The van der Waals surface area contributed by atoms with Crippen molar-refractivity contribution in [2.24, 2.45) is 5.92 Å². The summed E-state index contributed by atoms with van der Waals surface area (Å²) in [6.07, 6.45) is 4.38. The molecule has 0 bridgehead atoms. The molecule has 1 aromatic heterocycles. The molecule has 3 aromatic rings. The highest BCUT2D eigenvalue weighted by molar-refractivity contribution is 7.99. The van der Waals surface area contributed by atoms with Gasteiger partial charge in [0.1, 0.15) is 0 Å². The Kier molecular flexibility index (Phi) is 6.56. The Balaban J connectivity index is 2.11. The maximum atomic E-state index is 5.93. The summed E-state index contributed by atoms with van der Waals surface area (Å²) in [6, 6.07) is 19.6. The molecule has 1 nitrogen and oxygen atoms in total. The molecule has 27 heavy (non-hydrogen) atoms. The Labute approximate surface area is 172 Å². The van der Waals surface area contributed by atoms with Crippen molar-refractivity contribution in [3.8, 4) is 22.3 Å². The van der Waals surface area contributed by atoms with E-state index in [1.807, 2.05) is 17.8 Å². The van der Waals surface area contributed by atoms with Crippen molar-refractivity contribution in [1.29, 1.82) is 0 Å². The van der Waals surface area contributed by atoms with E-state index in [1.54, 1.807) is 0 Å². The molecule has 0 fully saturated rings. The van der Waals surface area contributed by atoms with E-state index in [9.17, 15) is 0 Å². The van der Waals surface area contributed by atoms with Crippen molar-refractivity contribution in [2.75, 3.05) is 5.75 Å². The van der Waals surface area contributed by atoms with E-state index >= 15 is 0 Å².